The number of hydrogen-bond acceptors (Lipinski definition) is 1. The molecular weight excluding hydrogens is 236 g/mol. The second-order valence-corrected chi connectivity index (χ2v) is 5.07. The monoisotopic (exact) mass is 248 g/mol. The molecule has 16 heavy (non-hydrogen) atoms. The standard InChI is InChI=1S/C14H13ClS/c15-11-14(12-7-3-1-4-8-12)16-13-9-5-2-6-10-13/h1-10,14H,11H2. The van der Waals surface area contributed by atoms with Gasteiger partial charge in [0.1, 0.15) is 0 Å². The Morgan fingerprint density at radius 1 is 0.875 bits per heavy atom. The molecule has 82 valence electrons. The molecular formula is C14H13ClS. The van der Waals surface area contributed by atoms with Gasteiger partial charge in [0.2, 0.25) is 0 Å². The Kier molecular flexibility index (Phi) is 4.32. The van der Waals surface area contributed by atoms with Crippen LogP contribution in [0.1, 0.15) is 10.8 Å². The van der Waals surface area contributed by atoms with Gasteiger partial charge in [-0.15, -0.1) is 23.4 Å². The lowest BCUT2D eigenvalue weighted by Gasteiger charge is -2.13. The summed E-state index contributed by atoms with van der Waals surface area (Å²) >= 11 is 7.84. The molecule has 1 unspecified atom stereocenters. The molecule has 0 radical (unpaired) electrons. The minimum absolute atomic E-state index is 0.324. The Labute approximate surface area is 106 Å². The van der Waals surface area contributed by atoms with E-state index in [9.17, 15) is 0 Å². The average Bonchev–Trinajstić information content (AvgIpc) is 2.38. The number of rotatable bonds is 4. The van der Waals surface area contributed by atoms with Gasteiger partial charge in [-0.3, -0.25) is 0 Å². The van der Waals surface area contributed by atoms with Crippen LogP contribution in [0.25, 0.3) is 0 Å². The van der Waals surface area contributed by atoms with Gasteiger partial charge >= 0.3 is 0 Å². The Morgan fingerprint density at radius 3 is 2.00 bits per heavy atom. The molecule has 0 aromatic heterocycles. The van der Waals surface area contributed by atoms with Crippen LogP contribution < -0.4 is 0 Å². The normalized spacial score (nSPS) is 12.3. The zero-order chi connectivity index (χ0) is 11.2. The molecule has 2 heteroatoms. The molecule has 0 saturated carbocycles. The van der Waals surface area contributed by atoms with Crippen molar-refractivity contribution in [3.05, 3.63) is 66.2 Å². The molecule has 1 atom stereocenters. The third-order valence-electron chi connectivity index (χ3n) is 2.33. The maximum Gasteiger partial charge on any atom is 0.0479 e. The lowest BCUT2D eigenvalue weighted by molar-refractivity contribution is 1.10. The summed E-state index contributed by atoms with van der Waals surface area (Å²) in [6, 6.07) is 20.8. The van der Waals surface area contributed by atoms with Crippen molar-refractivity contribution < 1.29 is 0 Å². The largest absolute Gasteiger partial charge is 0.125 e. The fourth-order valence-electron chi connectivity index (χ4n) is 1.52. The predicted octanol–water partition coefficient (Wildman–Crippen LogP) is 4.76. The van der Waals surface area contributed by atoms with Gasteiger partial charge in [0.05, 0.1) is 0 Å². The lowest BCUT2D eigenvalue weighted by atomic mass is 10.2. The molecule has 0 aliphatic rings. The van der Waals surface area contributed by atoms with Crippen LogP contribution in [0.3, 0.4) is 0 Å². The van der Waals surface area contributed by atoms with Gasteiger partial charge < -0.3 is 0 Å². The van der Waals surface area contributed by atoms with Crippen LogP contribution in [0.5, 0.6) is 0 Å². The minimum atomic E-state index is 0.324. The van der Waals surface area contributed by atoms with Crippen LogP contribution in [0.15, 0.2) is 65.6 Å². The van der Waals surface area contributed by atoms with Crippen molar-refractivity contribution in [2.24, 2.45) is 0 Å². The third kappa shape index (κ3) is 3.03. The van der Waals surface area contributed by atoms with E-state index in [2.05, 4.69) is 48.5 Å². The van der Waals surface area contributed by atoms with Crippen LogP contribution in [-0.4, -0.2) is 5.88 Å². The highest BCUT2D eigenvalue weighted by atomic mass is 35.5. The molecule has 0 bridgehead atoms. The molecule has 0 fully saturated rings. The third-order valence-corrected chi connectivity index (χ3v) is 4.09. The Morgan fingerprint density at radius 2 is 1.44 bits per heavy atom. The van der Waals surface area contributed by atoms with E-state index in [1.54, 1.807) is 0 Å². The van der Waals surface area contributed by atoms with Crippen molar-refractivity contribution in [2.45, 2.75) is 10.1 Å². The summed E-state index contributed by atoms with van der Waals surface area (Å²) in [5, 5.41) is 0.324. The quantitative estimate of drug-likeness (QED) is 0.555. The van der Waals surface area contributed by atoms with Crippen molar-refractivity contribution >= 4 is 23.4 Å². The summed E-state index contributed by atoms with van der Waals surface area (Å²) in [6.07, 6.45) is 0. The number of benzene rings is 2. The predicted molar refractivity (Wildman–Crippen MR) is 72.2 cm³/mol. The van der Waals surface area contributed by atoms with Gasteiger partial charge in [-0.1, -0.05) is 48.5 Å². The first-order chi connectivity index (χ1) is 7.90. The van der Waals surface area contributed by atoms with Crippen LogP contribution in [0.4, 0.5) is 0 Å². The van der Waals surface area contributed by atoms with Crippen LogP contribution in [0.2, 0.25) is 0 Å². The number of halogens is 1. The molecule has 0 aliphatic heterocycles. The van der Waals surface area contributed by atoms with Crippen molar-refractivity contribution in [2.75, 3.05) is 5.88 Å². The van der Waals surface area contributed by atoms with Gasteiger partial charge in [0.25, 0.3) is 0 Å². The van der Waals surface area contributed by atoms with E-state index >= 15 is 0 Å². The molecule has 0 nitrogen and oxygen atoms in total. The van der Waals surface area contributed by atoms with E-state index in [1.165, 1.54) is 10.5 Å². The highest BCUT2D eigenvalue weighted by Gasteiger charge is 2.10. The van der Waals surface area contributed by atoms with Crippen LogP contribution in [-0.2, 0) is 0 Å². The van der Waals surface area contributed by atoms with Gasteiger partial charge in [0, 0.05) is 16.0 Å². The molecule has 0 heterocycles. The van der Waals surface area contributed by atoms with Crippen molar-refractivity contribution in [1.82, 2.24) is 0 Å². The molecule has 2 rings (SSSR count). The minimum Gasteiger partial charge on any atom is -0.125 e. The first-order valence-electron chi connectivity index (χ1n) is 5.23. The van der Waals surface area contributed by atoms with Crippen LogP contribution in [0, 0.1) is 0 Å². The summed E-state index contributed by atoms with van der Waals surface area (Å²) in [5.74, 6) is 0.629. The first kappa shape index (κ1) is 11.6. The van der Waals surface area contributed by atoms with E-state index in [0.717, 1.165) is 0 Å². The van der Waals surface area contributed by atoms with Gasteiger partial charge in [0.15, 0.2) is 0 Å². The van der Waals surface area contributed by atoms with Crippen LogP contribution >= 0.6 is 23.4 Å². The smallest absolute Gasteiger partial charge is 0.0479 e. The summed E-state index contributed by atoms with van der Waals surface area (Å²) in [7, 11) is 0. The summed E-state index contributed by atoms with van der Waals surface area (Å²) < 4.78 is 0. The molecule has 2 aromatic rings. The second-order valence-electron chi connectivity index (χ2n) is 3.48. The van der Waals surface area contributed by atoms with E-state index < -0.39 is 0 Å². The highest BCUT2D eigenvalue weighted by Crippen LogP contribution is 2.35. The van der Waals surface area contributed by atoms with E-state index in [-0.39, 0.29) is 0 Å². The van der Waals surface area contributed by atoms with E-state index in [0.29, 0.717) is 11.1 Å². The zero-order valence-corrected chi connectivity index (χ0v) is 10.4. The van der Waals surface area contributed by atoms with Crippen molar-refractivity contribution in [3.8, 4) is 0 Å². The Balaban J connectivity index is 2.13. The van der Waals surface area contributed by atoms with E-state index in [4.69, 9.17) is 11.6 Å². The average molecular weight is 249 g/mol. The molecule has 0 amide bonds. The molecule has 0 aliphatic carbocycles. The summed E-state index contributed by atoms with van der Waals surface area (Å²) in [6.45, 7) is 0. The highest BCUT2D eigenvalue weighted by molar-refractivity contribution is 7.99. The Hall–Kier alpha value is -0.920. The molecule has 0 spiro atoms. The van der Waals surface area contributed by atoms with E-state index in [1.807, 2.05) is 23.9 Å². The summed E-state index contributed by atoms with van der Waals surface area (Å²) in [5.41, 5.74) is 1.28. The van der Waals surface area contributed by atoms with Gasteiger partial charge in [-0.2, -0.15) is 0 Å². The fraction of sp³-hybridized carbons (Fsp3) is 0.143. The second kappa shape index (κ2) is 5.97. The lowest BCUT2D eigenvalue weighted by Crippen LogP contribution is -1.94. The maximum absolute atomic E-state index is 6.03. The SMILES string of the molecule is ClCC(Sc1ccccc1)c1ccccc1. The molecule has 0 saturated heterocycles. The number of thioether (sulfide) groups is 1. The Bertz CT molecular complexity index is 413. The molecule has 2 aromatic carbocycles. The molecule has 0 N–H and O–H groups in total. The van der Waals surface area contributed by atoms with Crippen molar-refractivity contribution in [3.63, 3.8) is 0 Å². The fourth-order valence-corrected chi connectivity index (χ4v) is 2.89. The topological polar surface area (TPSA) is 0 Å². The summed E-state index contributed by atoms with van der Waals surface area (Å²) in [4.78, 5) is 1.26. The maximum atomic E-state index is 6.03. The number of hydrogen-bond donors (Lipinski definition) is 0. The zero-order valence-electron chi connectivity index (χ0n) is 8.84. The number of alkyl halides is 1. The van der Waals surface area contributed by atoms with Gasteiger partial charge in [-0.25, -0.2) is 0 Å². The van der Waals surface area contributed by atoms with Crippen molar-refractivity contribution in [1.29, 1.82) is 0 Å². The first-order valence-corrected chi connectivity index (χ1v) is 6.64. The van der Waals surface area contributed by atoms with Gasteiger partial charge in [-0.05, 0) is 17.7 Å².